The molecule has 0 radical (unpaired) electrons. The first-order chi connectivity index (χ1) is 7.44. The summed E-state index contributed by atoms with van der Waals surface area (Å²) in [5.41, 5.74) is -0.434. The number of nitrogens with zero attached hydrogens (tertiary/aromatic N) is 2. The Kier molecular flexibility index (Phi) is 3.70. The molecule has 1 aromatic heterocycles. The van der Waals surface area contributed by atoms with Crippen LogP contribution in [0.4, 0.5) is 0 Å². The largest absolute Gasteiger partial charge is 0.493 e. The number of methoxy groups -OCH3 is 1. The number of carbonyl (C=O) groups excluding carboxylic acids is 1. The molecule has 0 aromatic carbocycles. The van der Waals surface area contributed by atoms with Crippen molar-refractivity contribution >= 4 is 5.78 Å². The van der Waals surface area contributed by atoms with Crippen LogP contribution in [0, 0.1) is 0 Å². The minimum atomic E-state index is -0.865. The average Bonchev–Trinajstić information content (AvgIpc) is 2.58. The van der Waals surface area contributed by atoms with Crippen LogP contribution >= 0.6 is 0 Å². The highest BCUT2D eigenvalue weighted by molar-refractivity contribution is 6.02. The van der Waals surface area contributed by atoms with E-state index in [2.05, 4.69) is 5.10 Å². The minimum Gasteiger partial charge on any atom is -0.493 e. The second-order valence-corrected chi connectivity index (χ2v) is 3.96. The molecule has 1 aromatic rings. The zero-order valence-electron chi connectivity index (χ0n) is 10.4. The molecule has 0 saturated carbocycles. The van der Waals surface area contributed by atoms with E-state index in [0.717, 1.165) is 0 Å². The Hall–Kier alpha value is -1.36. The fraction of sp³-hybridized carbons (Fsp3) is 0.636. The van der Waals surface area contributed by atoms with Crippen LogP contribution in [0.25, 0.3) is 0 Å². The fourth-order valence-corrected chi connectivity index (χ4v) is 1.54. The molecule has 0 aliphatic rings. The Morgan fingerprint density at radius 3 is 2.69 bits per heavy atom. The van der Waals surface area contributed by atoms with Crippen LogP contribution in [0.5, 0.6) is 5.75 Å². The van der Waals surface area contributed by atoms with Crippen LogP contribution in [-0.4, -0.2) is 34.9 Å². The summed E-state index contributed by atoms with van der Waals surface area (Å²) >= 11 is 0. The zero-order valence-corrected chi connectivity index (χ0v) is 10.4. The first-order valence-electron chi connectivity index (χ1n) is 5.18. The molecule has 0 spiro atoms. The Morgan fingerprint density at radius 2 is 2.19 bits per heavy atom. The van der Waals surface area contributed by atoms with Gasteiger partial charge in [0.25, 0.3) is 0 Å². The van der Waals surface area contributed by atoms with Crippen molar-refractivity contribution in [3.63, 3.8) is 0 Å². The summed E-state index contributed by atoms with van der Waals surface area (Å²) in [6.45, 7) is 5.82. The van der Waals surface area contributed by atoms with Gasteiger partial charge in [-0.2, -0.15) is 5.10 Å². The molecule has 0 N–H and O–H groups in total. The van der Waals surface area contributed by atoms with E-state index in [4.69, 9.17) is 9.47 Å². The molecule has 0 saturated heterocycles. The van der Waals surface area contributed by atoms with Crippen LogP contribution in [0.2, 0.25) is 0 Å². The average molecular weight is 226 g/mol. The summed E-state index contributed by atoms with van der Waals surface area (Å²) in [6.07, 6.45) is 1.52. The van der Waals surface area contributed by atoms with E-state index < -0.39 is 5.60 Å². The van der Waals surface area contributed by atoms with Gasteiger partial charge in [-0.05, 0) is 20.8 Å². The third-order valence-electron chi connectivity index (χ3n) is 2.39. The second-order valence-electron chi connectivity index (χ2n) is 3.96. The summed E-state index contributed by atoms with van der Waals surface area (Å²) in [7, 11) is 3.22. The molecule has 16 heavy (non-hydrogen) atoms. The summed E-state index contributed by atoms with van der Waals surface area (Å²) < 4.78 is 12.0. The smallest absolute Gasteiger partial charge is 0.215 e. The van der Waals surface area contributed by atoms with Gasteiger partial charge in [0, 0.05) is 13.7 Å². The lowest BCUT2D eigenvalue weighted by Gasteiger charge is -2.23. The van der Waals surface area contributed by atoms with Crippen molar-refractivity contribution < 1.29 is 14.3 Å². The van der Waals surface area contributed by atoms with Gasteiger partial charge in [-0.3, -0.25) is 9.48 Å². The molecular weight excluding hydrogens is 208 g/mol. The Bertz CT molecular complexity index is 383. The van der Waals surface area contributed by atoms with E-state index in [-0.39, 0.29) is 5.78 Å². The maximum atomic E-state index is 12.3. The van der Waals surface area contributed by atoms with E-state index >= 15 is 0 Å². The number of aryl methyl sites for hydroxylation is 1. The van der Waals surface area contributed by atoms with Crippen LogP contribution in [0.3, 0.4) is 0 Å². The quantitative estimate of drug-likeness (QED) is 0.713. The van der Waals surface area contributed by atoms with E-state index in [1.165, 1.54) is 18.0 Å². The second kappa shape index (κ2) is 4.65. The van der Waals surface area contributed by atoms with Crippen molar-refractivity contribution in [2.24, 2.45) is 7.05 Å². The number of hydrogen-bond acceptors (Lipinski definition) is 4. The fourth-order valence-electron chi connectivity index (χ4n) is 1.54. The number of aromatic nitrogens is 2. The van der Waals surface area contributed by atoms with Crippen LogP contribution < -0.4 is 4.74 Å². The van der Waals surface area contributed by atoms with E-state index in [1.54, 1.807) is 20.9 Å². The third kappa shape index (κ3) is 2.24. The number of carbonyl (C=O) groups is 1. The molecule has 0 bridgehead atoms. The van der Waals surface area contributed by atoms with Gasteiger partial charge in [0.05, 0.1) is 13.3 Å². The minimum absolute atomic E-state index is 0.133. The van der Waals surface area contributed by atoms with Crippen LogP contribution in [0.15, 0.2) is 6.20 Å². The number of ether oxygens (including phenoxy) is 2. The van der Waals surface area contributed by atoms with Crippen molar-refractivity contribution in [3.05, 3.63) is 11.9 Å². The Labute approximate surface area is 95.3 Å². The summed E-state index contributed by atoms with van der Waals surface area (Å²) in [5, 5.41) is 4.00. The number of rotatable bonds is 5. The highest BCUT2D eigenvalue weighted by atomic mass is 16.5. The molecule has 5 nitrogen and oxygen atoms in total. The lowest BCUT2D eigenvalue weighted by Crippen LogP contribution is -2.36. The van der Waals surface area contributed by atoms with Crippen molar-refractivity contribution in [1.29, 1.82) is 0 Å². The topological polar surface area (TPSA) is 53.4 Å². The molecule has 1 heterocycles. The van der Waals surface area contributed by atoms with Crippen LogP contribution in [0.1, 0.15) is 31.3 Å². The lowest BCUT2D eigenvalue weighted by molar-refractivity contribution is 0.000346. The summed E-state index contributed by atoms with van der Waals surface area (Å²) in [5.74, 6) is 0.339. The predicted octanol–water partition coefficient (Wildman–Crippen LogP) is 1.43. The van der Waals surface area contributed by atoms with Gasteiger partial charge in [-0.1, -0.05) is 0 Å². The van der Waals surface area contributed by atoms with Crippen molar-refractivity contribution in [3.8, 4) is 5.75 Å². The van der Waals surface area contributed by atoms with Gasteiger partial charge in [-0.25, -0.2) is 0 Å². The van der Waals surface area contributed by atoms with Gasteiger partial charge in [0.1, 0.15) is 11.3 Å². The number of hydrogen-bond donors (Lipinski definition) is 0. The Morgan fingerprint density at radius 1 is 1.56 bits per heavy atom. The maximum absolute atomic E-state index is 12.3. The van der Waals surface area contributed by atoms with E-state index in [1.807, 2.05) is 6.92 Å². The lowest BCUT2D eigenvalue weighted by atomic mass is 10.00. The molecule has 90 valence electrons. The highest BCUT2D eigenvalue weighted by Gasteiger charge is 2.33. The van der Waals surface area contributed by atoms with Gasteiger partial charge < -0.3 is 9.47 Å². The molecule has 1 rings (SSSR count). The number of ketones is 1. The van der Waals surface area contributed by atoms with Crippen LogP contribution in [-0.2, 0) is 11.8 Å². The molecule has 0 aliphatic carbocycles. The highest BCUT2D eigenvalue weighted by Crippen LogP contribution is 2.24. The number of Topliss-reactive ketones (excluding diaryl/α,β-unsaturated/α-hetero) is 1. The van der Waals surface area contributed by atoms with Gasteiger partial charge in [0.2, 0.25) is 5.78 Å². The van der Waals surface area contributed by atoms with Crippen molar-refractivity contribution in [2.45, 2.75) is 26.4 Å². The third-order valence-corrected chi connectivity index (χ3v) is 2.39. The molecular formula is C11H18N2O3. The normalized spacial score (nSPS) is 11.6. The molecule has 0 amide bonds. The van der Waals surface area contributed by atoms with Gasteiger partial charge in [0.15, 0.2) is 5.75 Å². The predicted molar refractivity (Wildman–Crippen MR) is 59.8 cm³/mol. The van der Waals surface area contributed by atoms with Crippen molar-refractivity contribution in [1.82, 2.24) is 9.78 Å². The zero-order chi connectivity index (χ0) is 12.3. The Balaban J connectivity index is 3.08. The molecule has 0 atom stereocenters. The SMILES string of the molecule is CCOC(C)(C)C(=O)c1c(OC)cnn1C. The molecule has 5 heteroatoms. The molecule has 0 unspecified atom stereocenters. The van der Waals surface area contributed by atoms with E-state index in [9.17, 15) is 4.79 Å². The first-order valence-corrected chi connectivity index (χ1v) is 5.18. The monoisotopic (exact) mass is 226 g/mol. The molecule has 0 aliphatic heterocycles. The standard InChI is InChI=1S/C11H18N2O3/c1-6-16-11(2,3)10(14)9-8(15-5)7-12-13(9)4/h7H,6H2,1-5H3. The summed E-state index contributed by atoms with van der Waals surface area (Å²) in [6, 6.07) is 0. The van der Waals surface area contributed by atoms with E-state index in [0.29, 0.717) is 18.1 Å². The van der Waals surface area contributed by atoms with Crippen molar-refractivity contribution in [2.75, 3.05) is 13.7 Å². The van der Waals surface area contributed by atoms with Gasteiger partial charge >= 0.3 is 0 Å². The maximum Gasteiger partial charge on any atom is 0.215 e. The summed E-state index contributed by atoms with van der Waals surface area (Å²) in [4.78, 5) is 12.3. The molecule has 0 fully saturated rings. The van der Waals surface area contributed by atoms with Gasteiger partial charge in [-0.15, -0.1) is 0 Å². The first kappa shape index (κ1) is 12.7.